The molecule has 1 aliphatic rings. The van der Waals surface area contributed by atoms with Crippen LogP contribution in [0.15, 0.2) is 30.6 Å². The molecule has 2 aromatic carbocycles. The van der Waals surface area contributed by atoms with Gasteiger partial charge in [-0.3, -0.25) is 0 Å². The smallest absolute Gasteiger partial charge is 0.166 e. The Labute approximate surface area is 207 Å². The third-order valence-electron chi connectivity index (χ3n) is 5.54. The molecule has 0 unspecified atom stereocenters. The maximum Gasteiger partial charge on any atom is 0.166 e. The lowest BCUT2D eigenvalue weighted by Gasteiger charge is -2.25. The van der Waals surface area contributed by atoms with Crippen LogP contribution in [0.1, 0.15) is 33.1 Å². The first-order chi connectivity index (χ1) is 16.2. The van der Waals surface area contributed by atoms with Crippen LogP contribution in [0.5, 0.6) is 11.5 Å². The zero-order valence-corrected chi connectivity index (χ0v) is 20.5. The zero-order valence-electron chi connectivity index (χ0n) is 19.0. The van der Waals surface area contributed by atoms with Gasteiger partial charge in [0.2, 0.25) is 0 Å². The van der Waals surface area contributed by atoms with Gasteiger partial charge in [-0.15, -0.1) is 0 Å². The number of hydrogen-bond donors (Lipinski definition) is 3. The lowest BCUT2D eigenvalue weighted by molar-refractivity contribution is 0.0542. The summed E-state index contributed by atoms with van der Waals surface area (Å²) in [4.78, 5) is 8.66. The Morgan fingerprint density at radius 2 is 1.94 bits per heavy atom. The van der Waals surface area contributed by atoms with Crippen LogP contribution in [0.4, 0.5) is 15.9 Å². The molecule has 0 bridgehead atoms. The predicted molar refractivity (Wildman–Crippen MR) is 132 cm³/mol. The van der Waals surface area contributed by atoms with Crippen LogP contribution >= 0.6 is 23.2 Å². The van der Waals surface area contributed by atoms with Crippen molar-refractivity contribution in [2.24, 2.45) is 0 Å². The number of aromatic nitrogens is 2. The molecule has 0 amide bonds. The minimum absolute atomic E-state index is 0.0314. The SMILES string of the molecule is CC(C)(O)CCOc1cc2ncnc(Nc3ccc(Cl)c(Cl)c3F)c2cc1OC1CCNCC1. The van der Waals surface area contributed by atoms with Gasteiger partial charge in [0.15, 0.2) is 17.3 Å². The number of rotatable bonds is 8. The largest absolute Gasteiger partial charge is 0.490 e. The molecule has 0 aliphatic carbocycles. The molecule has 1 aromatic heterocycles. The fraction of sp³-hybridized carbons (Fsp3) is 0.417. The third kappa shape index (κ3) is 5.99. The Morgan fingerprint density at radius 1 is 1.18 bits per heavy atom. The molecule has 1 aliphatic heterocycles. The van der Waals surface area contributed by atoms with E-state index in [2.05, 4.69) is 20.6 Å². The quantitative estimate of drug-likeness (QED) is 0.346. The number of anilines is 2. The highest BCUT2D eigenvalue weighted by atomic mass is 35.5. The summed E-state index contributed by atoms with van der Waals surface area (Å²) in [5, 5.41) is 16.9. The molecule has 10 heteroatoms. The number of fused-ring (bicyclic) bond motifs is 1. The summed E-state index contributed by atoms with van der Waals surface area (Å²) < 4.78 is 27.0. The summed E-state index contributed by atoms with van der Waals surface area (Å²) in [5.41, 5.74) is -0.120. The summed E-state index contributed by atoms with van der Waals surface area (Å²) >= 11 is 11.9. The highest BCUT2D eigenvalue weighted by molar-refractivity contribution is 6.42. The molecule has 0 spiro atoms. The van der Waals surface area contributed by atoms with E-state index in [9.17, 15) is 9.50 Å². The Balaban J connectivity index is 1.69. The van der Waals surface area contributed by atoms with Gasteiger partial charge >= 0.3 is 0 Å². The number of halogens is 3. The number of piperidine rings is 1. The third-order valence-corrected chi connectivity index (χ3v) is 6.32. The topological polar surface area (TPSA) is 88.5 Å². The monoisotopic (exact) mass is 508 g/mol. The van der Waals surface area contributed by atoms with Gasteiger partial charge in [0.1, 0.15) is 18.2 Å². The molecule has 0 radical (unpaired) electrons. The molecule has 182 valence electrons. The minimum Gasteiger partial charge on any atom is -0.490 e. The number of nitrogens with zero attached hydrogens (tertiary/aromatic N) is 2. The Morgan fingerprint density at radius 3 is 2.68 bits per heavy atom. The second-order valence-corrected chi connectivity index (χ2v) is 9.65. The Kier molecular flexibility index (Phi) is 7.62. The molecular weight excluding hydrogens is 482 g/mol. The van der Waals surface area contributed by atoms with Crippen molar-refractivity contribution in [3.8, 4) is 11.5 Å². The lowest BCUT2D eigenvalue weighted by Crippen LogP contribution is -2.34. The lowest BCUT2D eigenvalue weighted by atomic mass is 10.1. The van der Waals surface area contributed by atoms with E-state index in [1.165, 1.54) is 18.5 Å². The van der Waals surface area contributed by atoms with Crippen molar-refractivity contribution >= 4 is 45.6 Å². The van der Waals surface area contributed by atoms with Gasteiger partial charge in [0.05, 0.1) is 33.5 Å². The van der Waals surface area contributed by atoms with Crippen molar-refractivity contribution in [2.75, 3.05) is 25.0 Å². The predicted octanol–water partition coefficient (Wildman–Crippen LogP) is 5.49. The average molecular weight is 509 g/mol. The normalized spacial score (nSPS) is 14.9. The first-order valence-electron chi connectivity index (χ1n) is 11.1. The number of aliphatic hydroxyl groups is 1. The van der Waals surface area contributed by atoms with Gasteiger partial charge < -0.3 is 25.2 Å². The van der Waals surface area contributed by atoms with Crippen LogP contribution in [0.2, 0.25) is 10.0 Å². The molecule has 4 rings (SSSR count). The molecule has 0 atom stereocenters. The molecule has 2 heterocycles. The first kappa shape index (κ1) is 24.7. The molecule has 1 saturated heterocycles. The van der Waals surface area contributed by atoms with E-state index in [1.807, 2.05) is 0 Å². The van der Waals surface area contributed by atoms with Gasteiger partial charge in [-0.25, -0.2) is 14.4 Å². The van der Waals surface area contributed by atoms with Crippen LogP contribution in [0.3, 0.4) is 0 Å². The average Bonchev–Trinajstić information content (AvgIpc) is 2.80. The van der Waals surface area contributed by atoms with Gasteiger partial charge in [-0.2, -0.15) is 0 Å². The van der Waals surface area contributed by atoms with Crippen molar-refractivity contribution < 1.29 is 19.0 Å². The number of benzene rings is 2. The number of ether oxygens (including phenoxy) is 2. The first-order valence-corrected chi connectivity index (χ1v) is 11.9. The summed E-state index contributed by atoms with van der Waals surface area (Å²) in [6.45, 7) is 5.52. The van der Waals surface area contributed by atoms with Gasteiger partial charge in [0, 0.05) is 17.9 Å². The molecule has 7 nitrogen and oxygen atoms in total. The Bertz CT molecular complexity index is 1170. The standard InChI is InChI=1S/C24H27Cl2FN4O3/c1-24(2,32)7-10-33-19-12-18-15(11-20(19)34-14-5-8-28-9-6-14)23(30-13-29-18)31-17-4-3-16(25)21(26)22(17)27/h3-4,11-14,28,32H,5-10H2,1-2H3,(H,29,30,31). The van der Waals surface area contributed by atoms with E-state index in [0.29, 0.717) is 41.2 Å². The van der Waals surface area contributed by atoms with Crippen molar-refractivity contribution in [1.82, 2.24) is 15.3 Å². The van der Waals surface area contributed by atoms with E-state index >= 15 is 0 Å². The molecule has 3 N–H and O–H groups in total. The number of hydrogen-bond acceptors (Lipinski definition) is 7. The fourth-order valence-corrected chi connectivity index (χ4v) is 3.93. The zero-order chi connectivity index (χ0) is 24.3. The molecule has 34 heavy (non-hydrogen) atoms. The van der Waals surface area contributed by atoms with Crippen LogP contribution in [-0.4, -0.2) is 46.5 Å². The summed E-state index contributed by atoms with van der Waals surface area (Å²) in [6.07, 6.45) is 3.60. The fourth-order valence-electron chi connectivity index (χ4n) is 3.62. The van der Waals surface area contributed by atoms with Crippen LogP contribution in [-0.2, 0) is 0 Å². The second kappa shape index (κ2) is 10.5. The van der Waals surface area contributed by atoms with Crippen molar-refractivity contribution in [3.63, 3.8) is 0 Å². The van der Waals surface area contributed by atoms with Crippen LogP contribution in [0.25, 0.3) is 10.9 Å². The van der Waals surface area contributed by atoms with Crippen LogP contribution in [0, 0.1) is 5.82 Å². The minimum atomic E-state index is -0.851. The molecule has 1 fully saturated rings. The summed E-state index contributed by atoms with van der Waals surface area (Å²) in [6, 6.07) is 6.58. The van der Waals surface area contributed by atoms with E-state index < -0.39 is 11.4 Å². The van der Waals surface area contributed by atoms with Gasteiger partial charge in [0.25, 0.3) is 0 Å². The highest BCUT2D eigenvalue weighted by Crippen LogP contribution is 2.38. The van der Waals surface area contributed by atoms with E-state index in [-0.39, 0.29) is 21.8 Å². The maximum absolute atomic E-state index is 14.6. The highest BCUT2D eigenvalue weighted by Gasteiger charge is 2.20. The van der Waals surface area contributed by atoms with Crippen molar-refractivity contribution in [1.29, 1.82) is 0 Å². The van der Waals surface area contributed by atoms with E-state index in [1.54, 1.807) is 26.0 Å². The van der Waals surface area contributed by atoms with Crippen LogP contribution < -0.4 is 20.1 Å². The molecular formula is C24H27Cl2FN4O3. The van der Waals surface area contributed by atoms with Crippen molar-refractivity contribution in [3.05, 3.63) is 46.5 Å². The van der Waals surface area contributed by atoms with Gasteiger partial charge in [-0.05, 0) is 58.0 Å². The molecule has 3 aromatic rings. The van der Waals surface area contributed by atoms with Crippen molar-refractivity contribution in [2.45, 2.75) is 44.8 Å². The molecule has 0 saturated carbocycles. The van der Waals surface area contributed by atoms with E-state index in [0.717, 1.165) is 25.9 Å². The Hall–Kier alpha value is -2.39. The van der Waals surface area contributed by atoms with Gasteiger partial charge in [-0.1, -0.05) is 23.2 Å². The van der Waals surface area contributed by atoms with E-state index in [4.69, 9.17) is 32.7 Å². The summed E-state index contributed by atoms with van der Waals surface area (Å²) in [7, 11) is 0. The summed E-state index contributed by atoms with van der Waals surface area (Å²) in [5.74, 6) is 0.794. The second-order valence-electron chi connectivity index (χ2n) is 8.86. The maximum atomic E-state index is 14.6. The number of nitrogens with one attached hydrogen (secondary N) is 2.